The van der Waals surface area contributed by atoms with Gasteiger partial charge in [-0.05, 0) is 43.3 Å². The molecule has 0 aliphatic heterocycles. The highest BCUT2D eigenvalue weighted by molar-refractivity contribution is 7.15. The first kappa shape index (κ1) is 14.7. The molecule has 0 bridgehead atoms. The zero-order valence-electron chi connectivity index (χ0n) is 13.0. The molecule has 120 valence electrons. The molecule has 0 amide bonds. The molecular formula is C18H15N3O2S. The van der Waals surface area contributed by atoms with Crippen LogP contribution in [0.5, 0.6) is 11.5 Å². The molecule has 1 N–H and O–H groups in total. The lowest BCUT2D eigenvalue weighted by Crippen LogP contribution is -1.98. The lowest BCUT2D eigenvalue weighted by molar-refractivity contribution is 0.296. The molecule has 6 heteroatoms. The summed E-state index contributed by atoms with van der Waals surface area (Å²) in [7, 11) is 0. The molecule has 2 aromatic heterocycles. The van der Waals surface area contributed by atoms with Gasteiger partial charge in [-0.1, -0.05) is 17.7 Å². The maximum atomic E-state index is 9.42. The first-order valence-corrected chi connectivity index (χ1v) is 8.39. The predicted octanol–water partition coefficient (Wildman–Crippen LogP) is 4.05. The van der Waals surface area contributed by atoms with Crippen LogP contribution in [0.2, 0.25) is 0 Å². The first-order valence-electron chi connectivity index (χ1n) is 7.51. The number of phenols is 1. The number of ether oxygens (including phenoxy) is 1. The zero-order chi connectivity index (χ0) is 16.5. The summed E-state index contributed by atoms with van der Waals surface area (Å²) in [5.74, 6) is 1.69. The predicted molar refractivity (Wildman–Crippen MR) is 93.5 cm³/mol. The number of nitrogens with zero attached hydrogens (tertiary/aromatic N) is 3. The third kappa shape index (κ3) is 2.83. The Labute approximate surface area is 142 Å². The topological polar surface area (TPSA) is 59.7 Å². The highest BCUT2D eigenvalue weighted by atomic mass is 32.1. The fraction of sp³-hybridized carbons (Fsp3) is 0.111. The second kappa shape index (κ2) is 5.98. The van der Waals surface area contributed by atoms with Gasteiger partial charge in [0.15, 0.2) is 5.82 Å². The number of aromatic hydroxyl groups is 1. The van der Waals surface area contributed by atoms with Crippen molar-refractivity contribution in [2.45, 2.75) is 13.5 Å². The van der Waals surface area contributed by atoms with E-state index in [0.29, 0.717) is 12.4 Å². The number of hydrogen-bond acceptors (Lipinski definition) is 5. The van der Waals surface area contributed by atoms with Crippen molar-refractivity contribution in [1.29, 1.82) is 0 Å². The van der Waals surface area contributed by atoms with Crippen LogP contribution >= 0.6 is 11.3 Å². The quantitative estimate of drug-likeness (QED) is 0.610. The monoisotopic (exact) mass is 337 g/mol. The molecule has 0 atom stereocenters. The van der Waals surface area contributed by atoms with Crippen LogP contribution in [0.1, 0.15) is 11.4 Å². The number of rotatable bonds is 4. The van der Waals surface area contributed by atoms with Crippen molar-refractivity contribution in [3.63, 3.8) is 0 Å². The third-order valence-corrected chi connectivity index (χ3v) is 4.49. The summed E-state index contributed by atoms with van der Waals surface area (Å²) >= 11 is 1.53. The largest absolute Gasteiger partial charge is 0.508 e. The van der Waals surface area contributed by atoms with Crippen molar-refractivity contribution in [3.05, 3.63) is 65.3 Å². The Hall–Kier alpha value is -2.86. The molecular weight excluding hydrogens is 322 g/mol. The number of aromatic nitrogens is 3. The number of hydrogen-bond donors (Lipinski definition) is 1. The summed E-state index contributed by atoms with van der Waals surface area (Å²) in [6, 6.07) is 15.0. The van der Waals surface area contributed by atoms with Crippen LogP contribution in [0.4, 0.5) is 0 Å². The van der Waals surface area contributed by atoms with Gasteiger partial charge in [0, 0.05) is 10.9 Å². The molecule has 2 aromatic carbocycles. The molecule has 0 spiro atoms. The molecule has 0 unspecified atom stereocenters. The standard InChI is InChI=1S/C18H15N3O2S/c1-12-2-8-15(9-3-12)23-10-17-19-18-21(20-17)16(11-24-18)13-4-6-14(22)7-5-13/h2-9,11,22H,10H2,1H3. The van der Waals surface area contributed by atoms with Gasteiger partial charge < -0.3 is 9.84 Å². The number of aryl methyl sites for hydroxylation is 1. The smallest absolute Gasteiger partial charge is 0.212 e. The number of fused-ring (bicyclic) bond motifs is 1. The molecule has 2 heterocycles. The van der Waals surface area contributed by atoms with E-state index in [0.717, 1.165) is 22.0 Å². The van der Waals surface area contributed by atoms with Crippen LogP contribution in [-0.4, -0.2) is 19.7 Å². The van der Waals surface area contributed by atoms with Crippen molar-refractivity contribution in [1.82, 2.24) is 14.6 Å². The van der Waals surface area contributed by atoms with Gasteiger partial charge >= 0.3 is 0 Å². The van der Waals surface area contributed by atoms with E-state index in [-0.39, 0.29) is 5.75 Å². The Kier molecular flexibility index (Phi) is 3.66. The molecule has 0 saturated heterocycles. The number of benzene rings is 2. The third-order valence-electron chi connectivity index (χ3n) is 3.68. The maximum Gasteiger partial charge on any atom is 0.212 e. The molecule has 0 fully saturated rings. The minimum atomic E-state index is 0.246. The van der Waals surface area contributed by atoms with Crippen LogP contribution in [0, 0.1) is 6.92 Å². The molecule has 0 radical (unpaired) electrons. The van der Waals surface area contributed by atoms with Crippen LogP contribution < -0.4 is 4.74 Å². The Balaban J connectivity index is 1.57. The summed E-state index contributed by atoms with van der Waals surface area (Å²) in [5, 5.41) is 16.0. The second-order valence-corrected chi connectivity index (χ2v) is 6.33. The van der Waals surface area contributed by atoms with Crippen LogP contribution in [0.25, 0.3) is 16.2 Å². The van der Waals surface area contributed by atoms with Gasteiger partial charge in [0.2, 0.25) is 4.96 Å². The number of thiazole rings is 1. The van der Waals surface area contributed by atoms with Crippen molar-refractivity contribution in [3.8, 4) is 22.8 Å². The summed E-state index contributed by atoms with van der Waals surface area (Å²) < 4.78 is 7.55. The van der Waals surface area contributed by atoms with Crippen LogP contribution in [0.15, 0.2) is 53.9 Å². The summed E-state index contributed by atoms with van der Waals surface area (Å²) in [6.45, 7) is 2.37. The van der Waals surface area contributed by atoms with E-state index in [9.17, 15) is 5.11 Å². The van der Waals surface area contributed by atoms with Gasteiger partial charge in [-0.25, -0.2) is 4.52 Å². The van der Waals surface area contributed by atoms with Gasteiger partial charge in [-0.15, -0.1) is 16.4 Å². The summed E-state index contributed by atoms with van der Waals surface area (Å²) in [6.07, 6.45) is 0. The molecule has 0 aliphatic rings. The average molecular weight is 337 g/mol. The van der Waals surface area contributed by atoms with Gasteiger partial charge in [0.05, 0.1) is 5.69 Å². The van der Waals surface area contributed by atoms with E-state index < -0.39 is 0 Å². The SMILES string of the molecule is Cc1ccc(OCc2nc3scc(-c4ccc(O)cc4)n3n2)cc1. The molecule has 4 aromatic rings. The van der Waals surface area contributed by atoms with E-state index >= 15 is 0 Å². The van der Waals surface area contributed by atoms with Crippen LogP contribution in [-0.2, 0) is 6.61 Å². The molecule has 4 rings (SSSR count). The maximum absolute atomic E-state index is 9.42. The molecule has 0 aliphatic carbocycles. The minimum absolute atomic E-state index is 0.246. The van der Waals surface area contributed by atoms with Gasteiger partial charge in [0.1, 0.15) is 18.1 Å². The van der Waals surface area contributed by atoms with E-state index in [1.165, 1.54) is 16.9 Å². The summed E-state index contributed by atoms with van der Waals surface area (Å²) in [4.78, 5) is 5.33. The average Bonchev–Trinajstić information content (AvgIpc) is 3.15. The van der Waals surface area contributed by atoms with Crippen LogP contribution in [0.3, 0.4) is 0 Å². The zero-order valence-corrected chi connectivity index (χ0v) is 13.8. The number of phenolic OH excluding ortho intramolecular Hbond substituents is 1. The van der Waals surface area contributed by atoms with E-state index in [1.54, 1.807) is 12.1 Å². The highest BCUT2D eigenvalue weighted by Gasteiger charge is 2.12. The van der Waals surface area contributed by atoms with Crippen molar-refractivity contribution >= 4 is 16.3 Å². The first-order chi connectivity index (χ1) is 11.7. The fourth-order valence-corrected chi connectivity index (χ4v) is 3.25. The van der Waals surface area contributed by atoms with E-state index in [1.807, 2.05) is 53.2 Å². The Bertz CT molecular complexity index is 972. The van der Waals surface area contributed by atoms with E-state index in [4.69, 9.17) is 4.74 Å². The molecule has 24 heavy (non-hydrogen) atoms. The van der Waals surface area contributed by atoms with E-state index in [2.05, 4.69) is 10.1 Å². The second-order valence-electron chi connectivity index (χ2n) is 5.49. The Morgan fingerprint density at radius 3 is 2.58 bits per heavy atom. The normalized spacial score (nSPS) is 11.0. The Morgan fingerprint density at radius 1 is 1.08 bits per heavy atom. The van der Waals surface area contributed by atoms with Crippen molar-refractivity contribution < 1.29 is 9.84 Å². The lowest BCUT2D eigenvalue weighted by atomic mass is 10.2. The fourth-order valence-electron chi connectivity index (χ4n) is 2.40. The summed E-state index contributed by atoms with van der Waals surface area (Å²) in [5.41, 5.74) is 3.13. The van der Waals surface area contributed by atoms with Gasteiger partial charge in [-0.2, -0.15) is 4.98 Å². The minimum Gasteiger partial charge on any atom is -0.508 e. The Morgan fingerprint density at radius 2 is 1.83 bits per heavy atom. The highest BCUT2D eigenvalue weighted by Crippen LogP contribution is 2.26. The van der Waals surface area contributed by atoms with Gasteiger partial charge in [-0.3, -0.25) is 0 Å². The van der Waals surface area contributed by atoms with Crippen molar-refractivity contribution in [2.75, 3.05) is 0 Å². The van der Waals surface area contributed by atoms with Crippen molar-refractivity contribution in [2.24, 2.45) is 0 Å². The molecule has 0 saturated carbocycles. The van der Waals surface area contributed by atoms with Gasteiger partial charge in [0.25, 0.3) is 0 Å². The lowest BCUT2D eigenvalue weighted by Gasteiger charge is -2.03. The molecule has 5 nitrogen and oxygen atoms in total.